The molecular formula is C41H66N2O5. The molecule has 5 aliphatic rings. The van der Waals surface area contributed by atoms with Crippen LogP contribution in [0.2, 0.25) is 0 Å². The summed E-state index contributed by atoms with van der Waals surface area (Å²) >= 11 is 0. The molecule has 0 aliphatic carbocycles. The number of allylic oxidation sites excluding steroid dienone is 3. The molecule has 7 nitrogen and oxygen atoms in total. The number of fused-ring (bicyclic) bond motifs is 4. The zero-order chi connectivity index (χ0) is 33.7. The van der Waals surface area contributed by atoms with E-state index in [1.807, 2.05) is 0 Å². The van der Waals surface area contributed by atoms with E-state index in [2.05, 4.69) is 61.0 Å². The van der Waals surface area contributed by atoms with Crippen LogP contribution >= 0.6 is 0 Å². The lowest BCUT2D eigenvalue weighted by molar-refractivity contribution is -0.154. The highest BCUT2D eigenvalue weighted by atomic mass is 16.5. The van der Waals surface area contributed by atoms with Gasteiger partial charge in [-0.1, -0.05) is 56.6 Å². The molecule has 0 aromatic heterocycles. The van der Waals surface area contributed by atoms with E-state index < -0.39 is 0 Å². The van der Waals surface area contributed by atoms with E-state index in [0.29, 0.717) is 30.4 Å². The van der Waals surface area contributed by atoms with Crippen LogP contribution in [0.5, 0.6) is 0 Å². The lowest BCUT2D eigenvalue weighted by atomic mass is 9.90. The molecule has 0 spiro atoms. The number of rotatable bonds is 8. The monoisotopic (exact) mass is 666 g/mol. The fraction of sp³-hybridized carbons (Fsp3) is 0.805. The zero-order valence-electron chi connectivity index (χ0n) is 30.5. The molecular weight excluding hydrogens is 600 g/mol. The summed E-state index contributed by atoms with van der Waals surface area (Å²) in [5.41, 5.74) is 1.37. The van der Waals surface area contributed by atoms with E-state index in [0.717, 1.165) is 90.1 Å². The number of likely N-dealkylation sites (tertiary alicyclic amines) is 2. The van der Waals surface area contributed by atoms with Crippen LogP contribution in [0.4, 0.5) is 0 Å². The SMILES string of the molecule is C/C=C1\CC2CC(=O)OC(/C=C/CCCCCC(=O)N3CCC(N4CCCCC4)CC3)C(C)/C=C/C(C)CC3CCCC(CC(C1)O2)O3. The molecule has 7 atom stereocenters. The molecule has 5 rings (SSSR count). The smallest absolute Gasteiger partial charge is 0.309 e. The molecule has 48 heavy (non-hydrogen) atoms. The van der Waals surface area contributed by atoms with Crippen LogP contribution in [0, 0.1) is 11.8 Å². The van der Waals surface area contributed by atoms with Crippen molar-refractivity contribution in [1.29, 1.82) is 0 Å². The number of hydrogen-bond donors (Lipinski definition) is 0. The van der Waals surface area contributed by atoms with E-state index >= 15 is 0 Å². The fourth-order valence-electron chi connectivity index (χ4n) is 8.70. The number of ether oxygens (including phenoxy) is 3. The van der Waals surface area contributed by atoms with Gasteiger partial charge in [0.25, 0.3) is 0 Å². The number of unbranched alkanes of at least 4 members (excludes halogenated alkanes) is 3. The molecule has 0 aromatic carbocycles. The van der Waals surface area contributed by atoms with E-state index in [1.54, 1.807) is 0 Å². The Morgan fingerprint density at radius 1 is 0.812 bits per heavy atom. The maximum absolute atomic E-state index is 13.3. The summed E-state index contributed by atoms with van der Waals surface area (Å²) in [6.45, 7) is 10.9. The van der Waals surface area contributed by atoms with Gasteiger partial charge in [-0.25, -0.2) is 0 Å². The fourth-order valence-corrected chi connectivity index (χ4v) is 8.70. The van der Waals surface area contributed by atoms with Crippen molar-refractivity contribution in [3.63, 3.8) is 0 Å². The average Bonchev–Trinajstić information content (AvgIpc) is 3.09. The third-order valence-electron chi connectivity index (χ3n) is 11.6. The van der Waals surface area contributed by atoms with E-state index in [1.165, 1.54) is 44.3 Å². The van der Waals surface area contributed by atoms with Gasteiger partial charge in [-0.05, 0) is 115 Å². The lowest BCUT2D eigenvalue weighted by Gasteiger charge is -2.40. The van der Waals surface area contributed by atoms with Crippen LogP contribution in [-0.4, -0.2) is 84.4 Å². The van der Waals surface area contributed by atoms with Crippen molar-refractivity contribution in [1.82, 2.24) is 9.80 Å². The van der Waals surface area contributed by atoms with Crippen LogP contribution in [-0.2, 0) is 23.8 Å². The quantitative estimate of drug-likeness (QED) is 0.147. The van der Waals surface area contributed by atoms with Crippen LogP contribution in [0.25, 0.3) is 0 Å². The maximum Gasteiger partial charge on any atom is 0.309 e. The molecule has 4 bridgehead atoms. The minimum absolute atomic E-state index is 0.0726. The number of hydrogen-bond acceptors (Lipinski definition) is 6. The number of carbonyl (C=O) groups excluding carboxylic acids is 2. The standard InChI is InChI=1S/C41H66N2O5/c1-4-33-27-37-29-36-15-13-14-35(46-36)26-31(2)18-19-32(3)39(48-41(45)30-38(28-33)47-37)16-9-6-5-7-10-17-40(44)43-24-20-34(21-25-43)42-22-11-8-12-23-42/h4,9,16,18-19,31-32,34-39H,5-8,10-15,17,20-30H2,1-3H3/b16-9+,19-18+,33-4-. The number of cyclic esters (lactones) is 1. The normalized spacial score (nSPS) is 35.1. The van der Waals surface area contributed by atoms with Crippen molar-refractivity contribution >= 4 is 11.9 Å². The second-order valence-corrected chi connectivity index (χ2v) is 15.6. The Balaban J connectivity index is 1.08. The van der Waals surface area contributed by atoms with Crippen LogP contribution in [0.15, 0.2) is 36.0 Å². The molecule has 0 aromatic rings. The predicted octanol–water partition coefficient (Wildman–Crippen LogP) is 8.33. The van der Waals surface area contributed by atoms with Gasteiger partial charge in [0.05, 0.1) is 30.8 Å². The van der Waals surface area contributed by atoms with Gasteiger partial charge in [0.15, 0.2) is 0 Å². The summed E-state index contributed by atoms with van der Waals surface area (Å²) in [6.07, 6.45) is 29.4. The number of esters is 1. The van der Waals surface area contributed by atoms with Gasteiger partial charge < -0.3 is 24.0 Å². The van der Waals surface area contributed by atoms with Crippen LogP contribution < -0.4 is 0 Å². The first-order valence-electron chi connectivity index (χ1n) is 19.9. The van der Waals surface area contributed by atoms with Crippen molar-refractivity contribution in [3.05, 3.63) is 36.0 Å². The third-order valence-corrected chi connectivity index (χ3v) is 11.6. The van der Waals surface area contributed by atoms with Gasteiger partial charge in [-0.3, -0.25) is 9.59 Å². The molecule has 5 aliphatic heterocycles. The summed E-state index contributed by atoms with van der Waals surface area (Å²) < 4.78 is 19.2. The number of piperidine rings is 2. The molecule has 5 heterocycles. The summed E-state index contributed by atoms with van der Waals surface area (Å²) in [5, 5.41) is 0. The van der Waals surface area contributed by atoms with Crippen molar-refractivity contribution in [2.24, 2.45) is 11.8 Å². The molecule has 270 valence electrons. The third kappa shape index (κ3) is 11.8. The average molecular weight is 667 g/mol. The molecule has 4 saturated heterocycles. The number of amides is 1. The first-order valence-corrected chi connectivity index (χ1v) is 19.9. The topological polar surface area (TPSA) is 68.3 Å². The van der Waals surface area contributed by atoms with E-state index in [9.17, 15) is 9.59 Å². The van der Waals surface area contributed by atoms with Crippen molar-refractivity contribution < 1.29 is 23.8 Å². The Bertz CT molecular complexity index is 1090. The number of carbonyl (C=O) groups is 2. The Morgan fingerprint density at radius 3 is 2.31 bits per heavy atom. The molecule has 1 amide bonds. The molecule has 0 radical (unpaired) electrons. The van der Waals surface area contributed by atoms with Crippen molar-refractivity contribution in [3.8, 4) is 0 Å². The molecule has 7 unspecified atom stereocenters. The minimum atomic E-state index is -0.306. The van der Waals surface area contributed by atoms with Gasteiger partial charge >= 0.3 is 5.97 Å². The first-order chi connectivity index (χ1) is 23.4. The Labute approximate surface area is 291 Å². The minimum Gasteiger partial charge on any atom is -0.457 e. The number of nitrogens with zero attached hydrogens (tertiary/aromatic N) is 2. The van der Waals surface area contributed by atoms with Gasteiger partial charge in [-0.2, -0.15) is 0 Å². The molecule has 4 fully saturated rings. The largest absolute Gasteiger partial charge is 0.457 e. The Kier molecular flexibility index (Phi) is 15.1. The van der Waals surface area contributed by atoms with Crippen LogP contribution in [0.3, 0.4) is 0 Å². The second kappa shape index (κ2) is 19.4. The summed E-state index contributed by atoms with van der Waals surface area (Å²) in [4.78, 5) is 30.9. The highest BCUT2D eigenvalue weighted by molar-refractivity contribution is 5.76. The molecule has 7 heteroatoms. The summed E-state index contributed by atoms with van der Waals surface area (Å²) in [6, 6.07) is 0.680. The van der Waals surface area contributed by atoms with Crippen molar-refractivity contribution in [2.45, 2.75) is 173 Å². The van der Waals surface area contributed by atoms with Gasteiger partial charge in [0, 0.05) is 37.9 Å². The van der Waals surface area contributed by atoms with E-state index in [4.69, 9.17) is 14.2 Å². The zero-order valence-corrected chi connectivity index (χ0v) is 30.5. The predicted molar refractivity (Wildman–Crippen MR) is 193 cm³/mol. The lowest BCUT2D eigenvalue weighted by Crippen LogP contribution is -2.48. The molecule has 0 N–H and O–H groups in total. The highest BCUT2D eigenvalue weighted by Crippen LogP contribution is 2.33. The first kappa shape index (κ1) is 37.3. The van der Waals surface area contributed by atoms with Crippen LogP contribution in [0.1, 0.15) is 136 Å². The van der Waals surface area contributed by atoms with Gasteiger partial charge in [-0.15, -0.1) is 0 Å². The van der Waals surface area contributed by atoms with Gasteiger partial charge in [0.1, 0.15) is 6.10 Å². The summed E-state index contributed by atoms with van der Waals surface area (Å²) in [7, 11) is 0. The second-order valence-electron chi connectivity index (χ2n) is 15.6. The molecule has 0 saturated carbocycles. The summed E-state index contributed by atoms with van der Waals surface area (Å²) in [5.74, 6) is 0.625. The highest BCUT2D eigenvalue weighted by Gasteiger charge is 2.33. The van der Waals surface area contributed by atoms with E-state index in [-0.39, 0.29) is 42.7 Å². The Morgan fingerprint density at radius 2 is 1.54 bits per heavy atom. The van der Waals surface area contributed by atoms with Crippen molar-refractivity contribution in [2.75, 3.05) is 26.2 Å². The maximum atomic E-state index is 13.3. The van der Waals surface area contributed by atoms with Gasteiger partial charge in [0.2, 0.25) is 5.91 Å². The Hall–Kier alpha value is -1.96.